The maximum Gasteiger partial charge on any atom is 0.159 e. The lowest BCUT2D eigenvalue weighted by Crippen LogP contribution is -2.12. The number of thioether (sulfide) groups is 1. The lowest BCUT2D eigenvalue weighted by atomic mass is 10.0. The SMILES string of the molecule is CCC(CC)Cn1nc(Cc2c(F)cccc2Cl)nc1-c1cc2n(c1)CCSC2. The molecule has 0 atom stereocenters. The Balaban J connectivity index is 1.71. The number of fused-ring (bicyclic) bond motifs is 1. The molecule has 0 unspecified atom stereocenters. The average Bonchev–Trinajstić information content (AvgIpc) is 3.32. The van der Waals surface area contributed by atoms with Gasteiger partial charge in [0, 0.05) is 59.1 Å². The van der Waals surface area contributed by atoms with Gasteiger partial charge in [0.15, 0.2) is 11.6 Å². The molecule has 2 aromatic heterocycles. The molecule has 0 fully saturated rings. The van der Waals surface area contributed by atoms with Crippen molar-refractivity contribution >= 4 is 23.4 Å². The molecule has 4 nitrogen and oxygen atoms in total. The molecule has 0 N–H and O–H groups in total. The van der Waals surface area contributed by atoms with Gasteiger partial charge in [-0.15, -0.1) is 0 Å². The van der Waals surface area contributed by atoms with E-state index in [4.69, 9.17) is 21.7 Å². The molecule has 1 aliphatic rings. The Morgan fingerprint density at radius 3 is 2.83 bits per heavy atom. The monoisotopic (exact) mass is 432 g/mol. The minimum Gasteiger partial charge on any atom is -0.349 e. The largest absolute Gasteiger partial charge is 0.349 e. The van der Waals surface area contributed by atoms with Crippen LogP contribution in [0.1, 0.15) is 43.8 Å². The van der Waals surface area contributed by atoms with E-state index in [0.717, 1.165) is 48.8 Å². The number of nitrogens with zero attached hydrogens (tertiary/aromatic N) is 4. The van der Waals surface area contributed by atoms with Gasteiger partial charge in [-0.1, -0.05) is 44.4 Å². The highest BCUT2D eigenvalue weighted by Gasteiger charge is 2.20. The molecule has 0 radical (unpaired) electrons. The first-order valence-electron chi connectivity index (χ1n) is 10.2. The summed E-state index contributed by atoms with van der Waals surface area (Å²) in [4.78, 5) is 4.83. The predicted octanol–water partition coefficient (Wildman–Crippen LogP) is 5.81. The van der Waals surface area contributed by atoms with Gasteiger partial charge >= 0.3 is 0 Å². The van der Waals surface area contributed by atoms with E-state index in [1.165, 1.54) is 11.8 Å². The summed E-state index contributed by atoms with van der Waals surface area (Å²) in [7, 11) is 0. The van der Waals surface area contributed by atoms with Crippen LogP contribution in [0.25, 0.3) is 11.4 Å². The summed E-state index contributed by atoms with van der Waals surface area (Å²) in [6.07, 6.45) is 4.65. The van der Waals surface area contributed by atoms with Crippen LogP contribution in [0.5, 0.6) is 0 Å². The first-order valence-corrected chi connectivity index (χ1v) is 11.8. The van der Waals surface area contributed by atoms with E-state index in [-0.39, 0.29) is 12.2 Å². The summed E-state index contributed by atoms with van der Waals surface area (Å²) in [5.41, 5.74) is 2.87. The zero-order valence-corrected chi connectivity index (χ0v) is 18.4. The molecule has 0 bridgehead atoms. The molecule has 3 aromatic rings. The first kappa shape index (κ1) is 20.5. The van der Waals surface area contributed by atoms with Gasteiger partial charge < -0.3 is 4.57 Å². The minimum atomic E-state index is -0.313. The van der Waals surface area contributed by atoms with Crippen molar-refractivity contribution in [3.8, 4) is 11.4 Å². The van der Waals surface area contributed by atoms with Gasteiger partial charge in [0.05, 0.1) is 0 Å². The maximum absolute atomic E-state index is 14.3. The molecule has 1 aromatic carbocycles. The van der Waals surface area contributed by atoms with Crippen molar-refractivity contribution in [1.82, 2.24) is 19.3 Å². The summed E-state index contributed by atoms with van der Waals surface area (Å²) in [5.74, 6) is 3.86. The van der Waals surface area contributed by atoms with Crippen LogP contribution in [0.3, 0.4) is 0 Å². The topological polar surface area (TPSA) is 35.6 Å². The van der Waals surface area contributed by atoms with Gasteiger partial charge in [0.2, 0.25) is 0 Å². The second-order valence-electron chi connectivity index (χ2n) is 7.56. The third-order valence-electron chi connectivity index (χ3n) is 5.67. The maximum atomic E-state index is 14.3. The highest BCUT2D eigenvalue weighted by Crippen LogP contribution is 2.29. The molecule has 4 rings (SSSR count). The van der Waals surface area contributed by atoms with Gasteiger partial charge in [-0.25, -0.2) is 14.1 Å². The van der Waals surface area contributed by atoms with Crippen molar-refractivity contribution in [2.45, 2.75) is 52.0 Å². The highest BCUT2D eigenvalue weighted by molar-refractivity contribution is 7.98. The number of rotatable bonds is 7. The number of hydrogen-bond donors (Lipinski definition) is 0. The van der Waals surface area contributed by atoms with Crippen LogP contribution in [-0.2, 0) is 25.3 Å². The van der Waals surface area contributed by atoms with Gasteiger partial charge in [0.25, 0.3) is 0 Å². The van der Waals surface area contributed by atoms with Crippen LogP contribution in [-0.4, -0.2) is 25.1 Å². The minimum absolute atomic E-state index is 0.290. The summed E-state index contributed by atoms with van der Waals surface area (Å²) in [5, 5.41) is 5.19. The molecule has 0 aliphatic carbocycles. The Hall–Kier alpha value is -1.79. The Kier molecular flexibility index (Phi) is 6.30. The second-order valence-corrected chi connectivity index (χ2v) is 9.07. The smallest absolute Gasteiger partial charge is 0.159 e. The van der Waals surface area contributed by atoms with Crippen molar-refractivity contribution < 1.29 is 4.39 Å². The normalized spacial score (nSPS) is 13.8. The Bertz CT molecular complexity index is 949. The van der Waals surface area contributed by atoms with E-state index in [0.29, 0.717) is 22.3 Å². The van der Waals surface area contributed by atoms with Crippen LogP contribution < -0.4 is 0 Å². The molecule has 3 heterocycles. The van der Waals surface area contributed by atoms with Crippen LogP contribution >= 0.6 is 23.4 Å². The molecule has 7 heteroatoms. The van der Waals surface area contributed by atoms with E-state index in [1.807, 2.05) is 16.4 Å². The van der Waals surface area contributed by atoms with E-state index in [9.17, 15) is 4.39 Å². The van der Waals surface area contributed by atoms with Crippen LogP contribution in [0.2, 0.25) is 5.02 Å². The fraction of sp³-hybridized carbons (Fsp3) is 0.455. The zero-order chi connectivity index (χ0) is 20.4. The van der Waals surface area contributed by atoms with Crippen molar-refractivity contribution in [1.29, 1.82) is 0 Å². The fourth-order valence-corrected chi connectivity index (χ4v) is 4.96. The van der Waals surface area contributed by atoms with E-state index in [1.54, 1.807) is 12.1 Å². The Morgan fingerprint density at radius 2 is 2.10 bits per heavy atom. The second kappa shape index (κ2) is 8.92. The van der Waals surface area contributed by atoms with E-state index >= 15 is 0 Å². The third kappa shape index (κ3) is 4.38. The molecule has 154 valence electrons. The zero-order valence-electron chi connectivity index (χ0n) is 16.9. The molecule has 0 spiro atoms. The van der Waals surface area contributed by atoms with Gasteiger partial charge in [-0.2, -0.15) is 16.9 Å². The first-order chi connectivity index (χ1) is 14.1. The molecule has 1 aliphatic heterocycles. The Labute approximate surface area is 180 Å². The number of hydrogen-bond acceptors (Lipinski definition) is 3. The molecule has 0 saturated heterocycles. The molecule has 29 heavy (non-hydrogen) atoms. The Morgan fingerprint density at radius 1 is 1.28 bits per heavy atom. The van der Waals surface area contributed by atoms with Crippen molar-refractivity contribution in [3.05, 3.63) is 58.4 Å². The average molecular weight is 433 g/mol. The predicted molar refractivity (Wildman–Crippen MR) is 118 cm³/mol. The number of benzene rings is 1. The number of halogens is 2. The van der Waals surface area contributed by atoms with Crippen LogP contribution in [0, 0.1) is 11.7 Å². The lowest BCUT2D eigenvalue weighted by Gasteiger charge is -2.13. The van der Waals surface area contributed by atoms with Gasteiger partial charge in [-0.05, 0) is 24.1 Å². The molecule has 0 saturated carbocycles. The quantitative estimate of drug-likeness (QED) is 0.472. The highest BCUT2D eigenvalue weighted by atomic mass is 35.5. The summed E-state index contributed by atoms with van der Waals surface area (Å²) >= 11 is 8.19. The van der Waals surface area contributed by atoms with Gasteiger partial charge in [-0.3, -0.25) is 0 Å². The molecule has 0 amide bonds. The van der Waals surface area contributed by atoms with Crippen LogP contribution in [0.4, 0.5) is 4.39 Å². The van der Waals surface area contributed by atoms with E-state index < -0.39 is 0 Å². The number of aryl methyl sites for hydroxylation is 1. The summed E-state index contributed by atoms with van der Waals surface area (Å²) < 4.78 is 18.6. The standard InChI is InChI=1S/C22H26ClFN4S/c1-3-15(4-2)12-28-22(16-10-17-14-29-9-8-27(17)13-16)25-21(26-28)11-18-19(23)6-5-7-20(18)24/h5-7,10,13,15H,3-4,8-9,11-12,14H2,1-2H3. The fourth-order valence-electron chi connectivity index (χ4n) is 3.80. The summed E-state index contributed by atoms with van der Waals surface area (Å²) in [6, 6.07) is 6.99. The van der Waals surface area contributed by atoms with Crippen molar-refractivity contribution in [2.75, 3.05) is 5.75 Å². The van der Waals surface area contributed by atoms with Crippen molar-refractivity contribution in [3.63, 3.8) is 0 Å². The summed E-state index contributed by atoms with van der Waals surface area (Å²) in [6.45, 7) is 6.26. The third-order valence-corrected chi connectivity index (χ3v) is 6.99. The van der Waals surface area contributed by atoms with Gasteiger partial charge in [0.1, 0.15) is 5.82 Å². The van der Waals surface area contributed by atoms with Crippen LogP contribution in [0.15, 0.2) is 30.5 Å². The number of aromatic nitrogens is 4. The van der Waals surface area contributed by atoms with E-state index in [2.05, 4.69) is 30.7 Å². The molecular weight excluding hydrogens is 407 g/mol. The lowest BCUT2D eigenvalue weighted by molar-refractivity contribution is 0.397. The van der Waals surface area contributed by atoms with Crippen molar-refractivity contribution in [2.24, 2.45) is 5.92 Å². The molecular formula is C22H26ClFN4S.